The summed E-state index contributed by atoms with van der Waals surface area (Å²) in [5.41, 5.74) is 0.977. The van der Waals surface area contributed by atoms with E-state index in [4.69, 9.17) is 5.11 Å². The number of aryl methyl sites for hydroxylation is 1. The van der Waals surface area contributed by atoms with Crippen molar-refractivity contribution in [1.82, 2.24) is 10.1 Å². The summed E-state index contributed by atoms with van der Waals surface area (Å²) in [4.78, 5) is 24.6. The average molecular weight is 314 g/mol. The van der Waals surface area contributed by atoms with Gasteiger partial charge in [-0.3, -0.25) is 4.79 Å². The van der Waals surface area contributed by atoms with Gasteiger partial charge in [-0.25, -0.2) is 4.79 Å². The Hall–Kier alpha value is -2.71. The second kappa shape index (κ2) is 5.96. The summed E-state index contributed by atoms with van der Waals surface area (Å²) in [6.07, 6.45) is -4.65. The number of hydrogen-bond acceptors (Lipinski definition) is 5. The highest BCUT2D eigenvalue weighted by Gasteiger charge is 2.38. The van der Waals surface area contributed by atoms with Crippen LogP contribution in [-0.2, 0) is 22.2 Å². The molecule has 0 aliphatic carbocycles. The Morgan fingerprint density at radius 2 is 1.82 bits per heavy atom. The highest BCUT2D eigenvalue weighted by Crippen LogP contribution is 2.29. The van der Waals surface area contributed by atoms with Gasteiger partial charge < -0.3 is 9.63 Å². The molecule has 9 heteroatoms. The largest absolute Gasteiger partial charge is 0.476 e. The van der Waals surface area contributed by atoms with Gasteiger partial charge in [-0.05, 0) is 12.0 Å². The molecule has 0 fully saturated rings. The Labute approximate surface area is 121 Å². The number of benzene rings is 1. The van der Waals surface area contributed by atoms with Crippen LogP contribution in [0.1, 0.15) is 17.9 Å². The van der Waals surface area contributed by atoms with Crippen molar-refractivity contribution in [3.8, 4) is 11.4 Å². The van der Waals surface area contributed by atoms with Crippen molar-refractivity contribution in [1.29, 1.82) is 0 Å². The van der Waals surface area contributed by atoms with Gasteiger partial charge in [0.25, 0.3) is 0 Å². The quantitative estimate of drug-likeness (QED) is 0.851. The maximum absolute atomic E-state index is 12.3. The molecule has 0 atom stereocenters. The van der Waals surface area contributed by atoms with Gasteiger partial charge in [0.15, 0.2) is 0 Å². The molecule has 6 nitrogen and oxygen atoms in total. The van der Waals surface area contributed by atoms with Crippen LogP contribution in [0.25, 0.3) is 11.4 Å². The SMILES string of the molecule is O=C(O)C(=O)CCc1ccc(-c2noc(C(F)(F)F)n2)cc1. The minimum Gasteiger partial charge on any atom is -0.476 e. The summed E-state index contributed by atoms with van der Waals surface area (Å²) in [6.45, 7) is 0. The molecule has 0 spiro atoms. The van der Waals surface area contributed by atoms with Crippen molar-refractivity contribution in [3.05, 3.63) is 35.7 Å². The Morgan fingerprint density at radius 1 is 1.18 bits per heavy atom. The third kappa shape index (κ3) is 3.68. The standard InChI is InChI=1S/C13H9F3N2O4/c14-13(15,16)12-17-10(18-22-12)8-4-1-7(2-5-8)3-6-9(19)11(20)21/h1-2,4-5H,3,6H2,(H,20,21). The third-order valence-electron chi connectivity index (χ3n) is 2.76. The Bertz CT molecular complexity index is 692. The van der Waals surface area contributed by atoms with E-state index < -0.39 is 23.8 Å². The number of carboxylic acid groups (broad SMARTS) is 1. The van der Waals surface area contributed by atoms with Crippen LogP contribution in [0.5, 0.6) is 0 Å². The number of rotatable bonds is 5. The molecule has 1 aromatic heterocycles. The molecule has 2 aromatic rings. The van der Waals surface area contributed by atoms with E-state index in [1.54, 1.807) is 12.1 Å². The number of aliphatic carboxylic acids is 1. The van der Waals surface area contributed by atoms with Crippen molar-refractivity contribution in [2.45, 2.75) is 19.0 Å². The fourth-order valence-corrected chi connectivity index (χ4v) is 1.64. The molecule has 2 rings (SSSR count). The number of aromatic nitrogens is 2. The summed E-state index contributed by atoms with van der Waals surface area (Å²) in [7, 11) is 0. The van der Waals surface area contributed by atoms with Crippen LogP contribution in [0, 0.1) is 0 Å². The zero-order valence-corrected chi connectivity index (χ0v) is 10.9. The normalized spacial score (nSPS) is 11.4. The molecular formula is C13H9F3N2O4. The lowest BCUT2D eigenvalue weighted by atomic mass is 10.1. The number of nitrogens with zero attached hydrogens (tertiary/aromatic N) is 2. The molecule has 0 saturated carbocycles. The number of carboxylic acids is 1. The number of hydrogen-bond donors (Lipinski definition) is 1. The van der Waals surface area contributed by atoms with Gasteiger partial charge in [0.1, 0.15) is 0 Å². The van der Waals surface area contributed by atoms with E-state index in [9.17, 15) is 22.8 Å². The lowest BCUT2D eigenvalue weighted by Gasteiger charge is -2.00. The van der Waals surface area contributed by atoms with Crippen molar-refractivity contribution >= 4 is 11.8 Å². The number of halogens is 3. The molecule has 0 aliphatic heterocycles. The minimum absolute atomic E-state index is 0.158. The Balaban J connectivity index is 2.07. The van der Waals surface area contributed by atoms with E-state index in [2.05, 4.69) is 14.7 Å². The van der Waals surface area contributed by atoms with Crippen molar-refractivity contribution in [2.24, 2.45) is 0 Å². The summed E-state index contributed by atoms with van der Waals surface area (Å²) < 4.78 is 41.2. The van der Waals surface area contributed by atoms with Crippen molar-refractivity contribution in [3.63, 3.8) is 0 Å². The molecule has 22 heavy (non-hydrogen) atoms. The van der Waals surface area contributed by atoms with Crippen LogP contribution in [-0.4, -0.2) is 27.0 Å². The van der Waals surface area contributed by atoms with Crippen LogP contribution >= 0.6 is 0 Å². The molecule has 0 radical (unpaired) electrons. The minimum atomic E-state index is -4.71. The Morgan fingerprint density at radius 3 is 2.32 bits per heavy atom. The second-order valence-corrected chi connectivity index (χ2v) is 4.35. The van der Waals surface area contributed by atoms with Gasteiger partial charge in [0, 0.05) is 12.0 Å². The van der Waals surface area contributed by atoms with Crippen LogP contribution in [0.2, 0.25) is 0 Å². The van der Waals surface area contributed by atoms with E-state index >= 15 is 0 Å². The van der Waals surface area contributed by atoms with Crippen LogP contribution in [0.15, 0.2) is 28.8 Å². The Kier molecular flexibility index (Phi) is 4.25. The lowest BCUT2D eigenvalue weighted by Crippen LogP contribution is -2.12. The molecule has 116 valence electrons. The smallest absolute Gasteiger partial charge is 0.471 e. The van der Waals surface area contributed by atoms with Gasteiger partial charge in [0.05, 0.1) is 0 Å². The first-order valence-corrected chi connectivity index (χ1v) is 6.03. The van der Waals surface area contributed by atoms with E-state index in [0.717, 1.165) is 0 Å². The molecule has 0 amide bonds. The summed E-state index contributed by atoms with van der Waals surface area (Å²) >= 11 is 0. The van der Waals surface area contributed by atoms with E-state index in [1.807, 2.05) is 0 Å². The highest BCUT2D eigenvalue weighted by molar-refractivity contribution is 6.32. The molecule has 1 N–H and O–H groups in total. The first-order chi connectivity index (χ1) is 10.3. The van der Waals surface area contributed by atoms with E-state index in [1.165, 1.54) is 12.1 Å². The topological polar surface area (TPSA) is 93.3 Å². The van der Waals surface area contributed by atoms with E-state index in [-0.39, 0.29) is 18.7 Å². The number of carbonyl (C=O) groups excluding carboxylic acids is 1. The summed E-state index contributed by atoms with van der Waals surface area (Å²) in [5.74, 6) is -4.04. The average Bonchev–Trinajstić information content (AvgIpc) is 2.95. The van der Waals surface area contributed by atoms with Crippen LogP contribution < -0.4 is 0 Å². The fraction of sp³-hybridized carbons (Fsp3) is 0.231. The number of Topliss-reactive ketones (excluding diaryl/α,β-unsaturated/α-hetero) is 1. The number of alkyl halides is 3. The van der Waals surface area contributed by atoms with Crippen molar-refractivity contribution < 1.29 is 32.4 Å². The predicted octanol–water partition coefficient (Wildman–Crippen LogP) is 2.34. The summed E-state index contributed by atoms with van der Waals surface area (Å²) in [5, 5.41) is 11.7. The monoisotopic (exact) mass is 314 g/mol. The van der Waals surface area contributed by atoms with Gasteiger partial charge >= 0.3 is 18.0 Å². The maximum atomic E-state index is 12.3. The third-order valence-corrected chi connectivity index (χ3v) is 2.76. The summed E-state index contributed by atoms with van der Waals surface area (Å²) in [6, 6.07) is 6.03. The molecule has 0 aliphatic rings. The van der Waals surface area contributed by atoms with Crippen LogP contribution in [0.3, 0.4) is 0 Å². The van der Waals surface area contributed by atoms with Gasteiger partial charge in [0.2, 0.25) is 11.6 Å². The zero-order chi connectivity index (χ0) is 16.3. The molecular weight excluding hydrogens is 305 g/mol. The number of carbonyl (C=O) groups is 2. The molecule has 1 heterocycles. The van der Waals surface area contributed by atoms with Gasteiger partial charge in [-0.1, -0.05) is 29.4 Å². The molecule has 0 saturated heterocycles. The van der Waals surface area contributed by atoms with Crippen molar-refractivity contribution in [2.75, 3.05) is 0 Å². The highest BCUT2D eigenvalue weighted by atomic mass is 19.4. The van der Waals surface area contributed by atoms with Gasteiger partial charge in [-0.15, -0.1) is 0 Å². The molecule has 1 aromatic carbocycles. The lowest BCUT2D eigenvalue weighted by molar-refractivity contribution is -0.159. The van der Waals surface area contributed by atoms with Crippen LogP contribution in [0.4, 0.5) is 13.2 Å². The number of ketones is 1. The second-order valence-electron chi connectivity index (χ2n) is 4.35. The van der Waals surface area contributed by atoms with E-state index in [0.29, 0.717) is 11.1 Å². The fourth-order valence-electron chi connectivity index (χ4n) is 1.64. The predicted molar refractivity (Wildman–Crippen MR) is 65.7 cm³/mol. The maximum Gasteiger partial charge on any atom is 0.471 e. The first kappa shape index (κ1) is 15.7. The first-order valence-electron chi connectivity index (χ1n) is 6.03. The zero-order valence-electron chi connectivity index (χ0n) is 10.9. The molecule has 0 unspecified atom stereocenters. The van der Waals surface area contributed by atoms with Gasteiger partial charge in [-0.2, -0.15) is 18.2 Å². The molecule has 0 bridgehead atoms.